The number of nitrogens with zero attached hydrogens (tertiary/aromatic N) is 2. The van der Waals surface area contributed by atoms with E-state index in [9.17, 15) is 13.6 Å². The number of fused-ring (bicyclic) bond motifs is 1. The Balaban J connectivity index is 1.75. The molecule has 2 N–H and O–H groups in total. The van der Waals surface area contributed by atoms with Gasteiger partial charge in [-0.3, -0.25) is 10.2 Å². The highest BCUT2D eigenvalue weighted by Crippen LogP contribution is 2.30. The second kappa shape index (κ2) is 6.75. The van der Waals surface area contributed by atoms with E-state index in [2.05, 4.69) is 15.8 Å². The number of pyridine rings is 1. The Bertz CT molecular complexity index is 804. The van der Waals surface area contributed by atoms with Gasteiger partial charge in [0.15, 0.2) is 6.61 Å². The zero-order chi connectivity index (χ0) is 19.1. The predicted octanol–water partition coefficient (Wildman–Crippen LogP) is 2.97. The Morgan fingerprint density at radius 3 is 2.81 bits per heavy atom. The Kier molecular flexibility index (Phi) is 4.79. The number of alkyl halides is 2. The molecule has 140 valence electrons. The molecule has 1 amide bonds. The first kappa shape index (κ1) is 18.4. The van der Waals surface area contributed by atoms with E-state index in [0.717, 1.165) is 6.92 Å². The van der Waals surface area contributed by atoms with E-state index in [0.29, 0.717) is 34.1 Å². The number of hydrogen-bond acceptors (Lipinski definition) is 5. The molecule has 2 aliphatic heterocycles. The Labute approximate surface area is 154 Å². The van der Waals surface area contributed by atoms with Crippen LogP contribution in [0.1, 0.15) is 36.7 Å². The van der Waals surface area contributed by atoms with Gasteiger partial charge in [-0.15, -0.1) is 0 Å². The molecule has 0 aromatic carbocycles. The molecule has 1 aromatic heterocycles. The van der Waals surface area contributed by atoms with Gasteiger partial charge in [0, 0.05) is 29.8 Å². The highest BCUT2D eigenvalue weighted by molar-refractivity contribution is 6.30. The van der Waals surface area contributed by atoms with E-state index in [1.165, 1.54) is 6.20 Å². The number of ether oxygens (including phenoxy) is 1. The molecule has 3 rings (SSSR count). The fourth-order valence-electron chi connectivity index (χ4n) is 2.83. The first-order valence-electron chi connectivity index (χ1n) is 8.07. The largest absolute Gasteiger partial charge is 0.471 e. The van der Waals surface area contributed by atoms with E-state index in [1.54, 1.807) is 24.0 Å². The highest BCUT2D eigenvalue weighted by atomic mass is 35.5. The second-order valence-corrected chi connectivity index (χ2v) is 6.82. The molecular weight excluding hydrogens is 366 g/mol. The molecule has 0 bridgehead atoms. The van der Waals surface area contributed by atoms with Gasteiger partial charge in [0.25, 0.3) is 11.8 Å². The van der Waals surface area contributed by atoms with Crippen LogP contribution in [0.2, 0.25) is 5.15 Å². The summed E-state index contributed by atoms with van der Waals surface area (Å²) in [4.78, 5) is 18.3. The van der Waals surface area contributed by atoms with E-state index >= 15 is 0 Å². The number of nitrogens with one attached hydrogen (secondary N) is 2. The van der Waals surface area contributed by atoms with Crippen molar-refractivity contribution in [3.05, 3.63) is 51.8 Å². The van der Waals surface area contributed by atoms with Crippen molar-refractivity contribution in [1.29, 1.82) is 0 Å². The van der Waals surface area contributed by atoms with E-state index in [-0.39, 0.29) is 17.8 Å². The number of rotatable bonds is 5. The molecule has 3 heterocycles. The zero-order valence-corrected chi connectivity index (χ0v) is 15.3. The first-order valence-corrected chi connectivity index (χ1v) is 8.44. The summed E-state index contributed by atoms with van der Waals surface area (Å²) in [6, 6.07) is 1.36. The van der Waals surface area contributed by atoms with Crippen molar-refractivity contribution in [2.24, 2.45) is 0 Å². The van der Waals surface area contributed by atoms with Crippen LogP contribution in [0.4, 0.5) is 8.78 Å². The molecule has 1 aromatic rings. The molecule has 9 heteroatoms. The molecule has 0 radical (unpaired) electrons. The van der Waals surface area contributed by atoms with Crippen LogP contribution >= 0.6 is 11.6 Å². The topological polar surface area (TPSA) is 66.5 Å². The number of aromatic nitrogens is 1. The van der Waals surface area contributed by atoms with Crippen LogP contribution < -0.4 is 10.9 Å². The van der Waals surface area contributed by atoms with Crippen LogP contribution in [0.15, 0.2) is 35.5 Å². The standard InChI is InChI=1S/C17H19ClF2N4O2/c1-9-6-13(22-23-15(9)26-8-17(3,19)20)10(2)24-7-12-11(16(24)25)4-5-21-14(12)18/h4-6,10,22-23H,7-8H2,1-3H3. The Morgan fingerprint density at radius 1 is 1.46 bits per heavy atom. The quantitative estimate of drug-likeness (QED) is 0.764. The normalized spacial score (nSPS) is 18.2. The minimum Gasteiger partial charge on any atom is -0.471 e. The Morgan fingerprint density at radius 2 is 2.19 bits per heavy atom. The molecule has 26 heavy (non-hydrogen) atoms. The minimum atomic E-state index is -2.92. The van der Waals surface area contributed by atoms with E-state index in [1.807, 2.05) is 6.92 Å². The van der Waals surface area contributed by atoms with Crippen LogP contribution in [0.5, 0.6) is 0 Å². The van der Waals surface area contributed by atoms with Crippen LogP contribution in [-0.4, -0.2) is 34.4 Å². The third-order valence-electron chi connectivity index (χ3n) is 4.26. The Hall–Kier alpha value is -2.35. The van der Waals surface area contributed by atoms with Gasteiger partial charge in [0.2, 0.25) is 5.88 Å². The number of allylic oxidation sites excluding steroid dienone is 2. The van der Waals surface area contributed by atoms with Crippen molar-refractivity contribution >= 4 is 17.5 Å². The molecule has 0 fully saturated rings. The van der Waals surface area contributed by atoms with Crippen molar-refractivity contribution < 1.29 is 18.3 Å². The number of carbonyl (C=O) groups is 1. The van der Waals surface area contributed by atoms with Crippen molar-refractivity contribution in [2.75, 3.05) is 6.61 Å². The zero-order valence-electron chi connectivity index (χ0n) is 14.6. The maximum atomic E-state index is 12.9. The summed E-state index contributed by atoms with van der Waals surface area (Å²) in [5, 5.41) is 0.321. The number of carbonyl (C=O) groups excluding carboxylic acids is 1. The molecule has 0 saturated heterocycles. The minimum absolute atomic E-state index is 0.131. The molecular formula is C17H19ClF2N4O2. The predicted molar refractivity (Wildman–Crippen MR) is 92.2 cm³/mol. The van der Waals surface area contributed by atoms with Crippen molar-refractivity contribution in [2.45, 2.75) is 39.3 Å². The second-order valence-electron chi connectivity index (χ2n) is 6.46. The van der Waals surface area contributed by atoms with E-state index < -0.39 is 12.5 Å². The third-order valence-corrected chi connectivity index (χ3v) is 4.59. The molecule has 1 unspecified atom stereocenters. The summed E-state index contributed by atoms with van der Waals surface area (Å²) in [6.45, 7) is 4.03. The van der Waals surface area contributed by atoms with Crippen LogP contribution in [0.3, 0.4) is 0 Å². The van der Waals surface area contributed by atoms with Crippen LogP contribution in [-0.2, 0) is 11.3 Å². The van der Waals surface area contributed by atoms with Crippen molar-refractivity contribution in [3.8, 4) is 0 Å². The van der Waals surface area contributed by atoms with Gasteiger partial charge in [-0.2, -0.15) is 0 Å². The number of hydrazine groups is 1. The smallest absolute Gasteiger partial charge is 0.278 e. The monoisotopic (exact) mass is 384 g/mol. The van der Waals surface area contributed by atoms with Gasteiger partial charge >= 0.3 is 0 Å². The van der Waals surface area contributed by atoms with Crippen LogP contribution in [0.25, 0.3) is 0 Å². The van der Waals surface area contributed by atoms with Crippen molar-refractivity contribution in [1.82, 2.24) is 20.7 Å². The first-order chi connectivity index (χ1) is 12.2. The summed E-state index contributed by atoms with van der Waals surface area (Å²) in [7, 11) is 0. The molecule has 0 saturated carbocycles. The van der Waals surface area contributed by atoms with E-state index in [4.69, 9.17) is 16.3 Å². The average molecular weight is 385 g/mol. The fourth-order valence-corrected chi connectivity index (χ4v) is 3.05. The van der Waals surface area contributed by atoms with Gasteiger partial charge < -0.3 is 15.1 Å². The number of amides is 1. The van der Waals surface area contributed by atoms with Gasteiger partial charge in [0.05, 0.1) is 18.3 Å². The maximum absolute atomic E-state index is 12.9. The lowest BCUT2D eigenvalue weighted by atomic mass is 10.1. The van der Waals surface area contributed by atoms with Crippen LogP contribution in [0, 0.1) is 0 Å². The average Bonchev–Trinajstić information content (AvgIpc) is 2.91. The molecule has 0 aliphatic carbocycles. The molecule has 2 aliphatic rings. The summed E-state index contributed by atoms with van der Waals surface area (Å²) in [5.41, 5.74) is 8.30. The summed E-state index contributed by atoms with van der Waals surface area (Å²) in [6.07, 6.45) is 3.27. The fraction of sp³-hybridized carbons (Fsp3) is 0.412. The molecule has 1 atom stereocenters. The lowest BCUT2D eigenvalue weighted by molar-refractivity contribution is -0.0484. The lowest BCUT2D eigenvalue weighted by Crippen LogP contribution is -2.45. The maximum Gasteiger partial charge on any atom is 0.278 e. The van der Waals surface area contributed by atoms with Gasteiger partial charge in [0.1, 0.15) is 5.15 Å². The molecule has 6 nitrogen and oxygen atoms in total. The van der Waals surface area contributed by atoms with Gasteiger partial charge in [-0.25, -0.2) is 13.8 Å². The lowest BCUT2D eigenvalue weighted by Gasteiger charge is -2.31. The highest BCUT2D eigenvalue weighted by Gasteiger charge is 2.34. The van der Waals surface area contributed by atoms with Gasteiger partial charge in [-0.05, 0) is 26.0 Å². The SMILES string of the molecule is CC1=C(OCC(C)(F)F)NNC(C(C)N2Cc3c(ccnc3Cl)C2=O)=C1. The van der Waals surface area contributed by atoms with Crippen molar-refractivity contribution in [3.63, 3.8) is 0 Å². The van der Waals surface area contributed by atoms with Gasteiger partial charge in [-0.1, -0.05) is 11.6 Å². The molecule has 0 spiro atoms. The number of halogens is 3. The summed E-state index contributed by atoms with van der Waals surface area (Å²) >= 11 is 6.09. The summed E-state index contributed by atoms with van der Waals surface area (Å²) in [5.74, 6) is -2.83. The summed E-state index contributed by atoms with van der Waals surface area (Å²) < 4.78 is 31.0. The third kappa shape index (κ3) is 3.60. The number of hydrogen-bond donors (Lipinski definition) is 2.